The van der Waals surface area contributed by atoms with Crippen LogP contribution in [0.4, 0.5) is 5.69 Å². The van der Waals surface area contributed by atoms with Gasteiger partial charge in [-0.05, 0) is 23.3 Å². The van der Waals surface area contributed by atoms with Gasteiger partial charge in [0.05, 0.1) is 6.16 Å². The molecule has 96 valence electrons. The molecule has 1 amide bonds. The largest absolute Gasteiger partial charge is 0.461 e. The molecule has 6 heteroatoms. The maximum atomic E-state index is 11.0. The summed E-state index contributed by atoms with van der Waals surface area (Å²) in [5.41, 5.74) is 2.15. The smallest absolute Gasteiger partial charge is 0.302 e. The van der Waals surface area contributed by atoms with Crippen LogP contribution in [0.5, 0.6) is 0 Å². The Bertz CT molecular complexity index is 473. The van der Waals surface area contributed by atoms with Crippen molar-refractivity contribution in [2.45, 2.75) is 26.6 Å². The number of carbonyl (C=O) groups excluding carboxylic acids is 2. The van der Waals surface area contributed by atoms with Crippen LogP contribution in [-0.4, -0.2) is 11.9 Å². The number of benzene rings is 1. The van der Waals surface area contributed by atoms with Crippen LogP contribution in [0.1, 0.15) is 25.0 Å². The average Bonchev–Trinajstić information content (AvgIpc) is 2.29. The summed E-state index contributed by atoms with van der Waals surface area (Å²) in [4.78, 5) is 21.7. The van der Waals surface area contributed by atoms with Gasteiger partial charge >= 0.3 is 5.97 Å². The molecule has 1 N–H and O–H groups in total. The lowest BCUT2D eigenvalue weighted by Crippen LogP contribution is -2.08. The summed E-state index contributed by atoms with van der Waals surface area (Å²) < 4.78 is 15.6. The van der Waals surface area contributed by atoms with E-state index in [-0.39, 0.29) is 26.9 Å². The molecule has 18 heavy (non-hydrogen) atoms. The van der Waals surface area contributed by atoms with Crippen molar-refractivity contribution in [1.82, 2.24) is 0 Å². The highest BCUT2D eigenvalue weighted by atomic mass is 31.1. The number of carbonyl (C=O) groups is 2. The maximum Gasteiger partial charge on any atom is 0.302 e. The highest BCUT2D eigenvalue weighted by molar-refractivity contribution is 7.22. The minimum atomic E-state index is -0.357. The van der Waals surface area contributed by atoms with Gasteiger partial charge in [-0.2, -0.15) is 0 Å². The van der Waals surface area contributed by atoms with E-state index >= 15 is 0 Å². The molecule has 1 aromatic carbocycles. The van der Waals surface area contributed by atoms with E-state index in [0.29, 0.717) is 11.8 Å². The van der Waals surface area contributed by atoms with Crippen molar-refractivity contribution in [3.8, 4) is 0 Å². The number of anilines is 1. The second-order valence-electron chi connectivity index (χ2n) is 3.74. The number of nitrogens with one attached hydrogen (secondary N) is 1. The lowest BCUT2D eigenvalue weighted by Gasteiger charge is -2.10. The first-order chi connectivity index (χ1) is 8.52. The van der Waals surface area contributed by atoms with Crippen molar-refractivity contribution in [2.75, 3.05) is 5.32 Å². The first kappa shape index (κ1) is 14.3. The Kier molecular flexibility index (Phi) is 5.46. The Morgan fingerprint density at radius 2 is 2.06 bits per heavy atom. The van der Waals surface area contributed by atoms with Gasteiger partial charge in [-0.15, -0.1) is 0 Å². The Hall–Kier alpha value is -1.74. The van der Waals surface area contributed by atoms with Crippen LogP contribution in [0.2, 0.25) is 0 Å². The summed E-state index contributed by atoms with van der Waals surface area (Å²) >= 11 is 0. The SMILES string of the molecule is CC(=O)Nc1ccc(COC(C)=O)cc1CP=O. The number of hydrogen-bond donors (Lipinski definition) is 1. The molecule has 0 aliphatic rings. The zero-order valence-corrected chi connectivity index (χ0v) is 11.1. The molecule has 0 aliphatic heterocycles. The van der Waals surface area contributed by atoms with E-state index in [0.717, 1.165) is 11.1 Å². The molecule has 0 atom stereocenters. The van der Waals surface area contributed by atoms with Crippen molar-refractivity contribution in [1.29, 1.82) is 0 Å². The highest BCUT2D eigenvalue weighted by Gasteiger charge is 2.06. The van der Waals surface area contributed by atoms with E-state index in [9.17, 15) is 14.2 Å². The summed E-state index contributed by atoms with van der Waals surface area (Å²) in [6.45, 7) is 2.91. The number of amides is 1. The first-order valence-corrected chi connectivity index (χ1v) is 6.34. The van der Waals surface area contributed by atoms with Crippen LogP contribution < -0.4 is 5.32 Å². The summed E-state index contributed by atoms with van der Waals surface area (Å²) in [7, 11) is -0.0335. The minimum absolute atomic E-state index is 0.0335. The normalized spacial score (nSPS) is 10.1. The van der Waals surface area contributed by atoms with Gasteiger partial charge in [0.25, 0.3) is 0 Å². The lowest BCUT2D eigenvalue weighted by molar-refractivity contribution is -0.142. The van der Waals surface area contributed by atoms with Gasteiger partial charge in [0, 0.05) is 19.5 Å². The van der Waals surface area contributed by atoms with Crippen molar-refractivity contribution >= 4 is 26.0 Å². The predicted molar refractivity (Wildman–Crippen MR) is 67.5 cm³/mol. The second-order valence-corrected chi connectivity index (χ2v) is 4.31. The van der Waals surface area contributed by atoms with Crippen molar-refractivity contribution in [3.05, 3.63) is 29.3 Å². The molecule has 5 nitrogen and oxygen atoms in total. The number of ether oxygens (including phenoxy) is 1. The zero-order chi connectivity index (χ0) is 13.5. The van der Waals surface area contributed by atoms with Gasteiger partial charge in [-0.1, -0.05) is 6.07 Å². The standard InChI is InChI=1S/C12H14NO4P/c1-8(14)13-12-4-3-10(6-17-9(2)15)5-11(12)7-18-16/h3-5H,6-7H2,1-2H3,(H,13,14). The molecule has 1 rings (SSSR count). The average molecular weight is 267 g/mol. The Labute approximate surface area is 107 Å². The molecule has 0 spiro atoms. The Morgan fingerprint density at radius 1 is 1.33 bits per heavy atom. The van der Waals surface area contributed by atoms with Crippen LogP contribution in [-0.2, 0) is 31.7 Å². The van der Waals surface area contributed by atoms with Crippen LogP contribution >= 0.6 is 8.46 Å². The summed E-state index contributed by atoms with van der Waals surface area (Å²) in [5, 5.41) is 2.66. The van der Waals surface area contributed by atoms with E-state index in [1.54, 1.807) is 18.2 Å². The second kappa shape index (κ2) is 6.87. The van der Waals surface area contributed by atoms with Gasteiger partial charge < -0.3 is 10.1 Å². The number of hydrogen-bond acceptors (Lipinski definition) is 4. The summed E-state index contributed by atoms with van der Waals surface area (Å²) in [6, 6.07) is 5.22. The molecule has 0 unspecified atom stereocenters. The van der Waals surface area contributed by atoms with Gasteiger partial charge in [-0.3, -0.25) is 14.2 Å². The van der Waals surface area contributed by atoms with Crippen molar-refractivity contribution in [3.63, 3.8) is 0 Å². The molecule has 0 saturated heterocycles. The van der Waals surface area contributed by atoms with Crippen molar-refractivity contribution < 1.29 is 18.9 Å². The quantitative estimate of drug-likeness (QED) is 0.657. The summed E-state index contributed by atoms with van der Waals surface area (Å²) in [6.07, 6.45) is 0.295. The van der Waals surface area contributed by atoms with E-state index in [1.807, 2.05) is 0 Å². The monoisotopic (exact) mass is 267 g/mol. The zero-order valence-electron chi connectivity index (χ0n) is 10.2. The van der Waals surface area contributed by atoms with E-state index in [4.69, 9.17) is 4.74 Å². The summed E-state index contributed by atoms with van der Waals surface area (Å²) in [5.74, 6) is -0.545. The van der Waals surface area contributed by atoms with Crippen LogP contribution in [0.15, 0.2) is 18.2 Å². The maximum absolute atomic E-state index is 11.0. The molecule has 0 aromatic heterocycles. The molecule has 1 aromatic rings. The van der Waals surface area contributed by atoms with E-state index in [1.165, 1.54) is 13.8 Å². The lowest BCUT2D eigenvalue weighted by atomic mass is 10.1. The fourth-order valence-corrected chi connectivity index (χ4v) is 1.83. The van der Waals surface area contributed by atoms with Gasteiger partial charge in [0.1, 0.15) is 6.61 Å². The molecule has 0 fully saturated rings. The first-order valence-electron chi connectivity index (χ1n) is 5.34. The minimum Gasteiger partial charge on any atom is -0.461 e. The molecule has 0 bridgehead atoms. The topological polar surface area (TPSA) is 72.5 Å². The third-order valence-corrected chi connectivity index (χ3v) is 2.63. The molecule has 0 heterocycles. The van der Waals surface area contributed by atoms with E-state index < -0.39 is 0 Å². The number of rotatable bonds is 5. The third-order valence-electron chi connectivity index (χ3n) is 2.16. The molecule has 0 aliphatic carbocycles. The molecular weight excluding hydrogens is 253 g/mol. The molecule has 0 radical (unpaired) electrons. The van der Waals surface area contributed by atoms with Crippen LogP contribution in [0.25, 0.3) is 0 Å². The van der Waals surface area contributed by atoms with Gasteiger partial charge in [0.2, 0.25) is 5.91 Å². The van der Waals surface area contributed by atoms with Gasteiger partial charge in [0.15, 0.2) is 8.46 Å². The fourth-order valence-electron chi connectivity index (χ4n) is 1.43. The fraction of sp³-hybridized carbons (Fsp3) is 0.333. The van der Waals surface area contributed by atoms with E-state index in [2.05, 4.69) is 5.32 Å². The Morgan fingerprint density at radius 3 is 2.61 bits per heavy atom. The molecular formula is C12H14NO4P. The predicted octanol–water partition coefficient (Wildman–Crippen LogP) is 2.50. The molecule has 0 saturated carbocycles. The van der Waals surface area contributed by atoms with Crippen molar-refractivity contribution in [2.24, 2.45) is 0 Å². The Balaban J connectivity index is 2.90. The van der Waals surface area contributed by atoms with Gasteiger partial charge in [-0.25, -0.2) is 0 Å². The number of esters is 1. The van der Waals surface area contributed by atoms with Crippen LogP contribution in [0.3, 0.4) is 0 Å². The highest BCUT2D eigenvalue weighted by Crippen LogP contribution is 2.22. The van der Waals surface area contributed by atoms with Crippen LogP contribution in [0, 0.1) is 0 Å². The third kappa shape index (κ3) is 4.63.